The largest absolute Gasteiger partial charge is 0.497 e. The van der Waals surface area contributed by atoms with Crippen LogP contribution in [0, 0.1) is 13.8 Å². The van der Waals surface area contributed by atoms with Gasteiger partial charge in [0.1, 0.15) is 11.5 Å². The molecule has 0 aliphatic rings. The van der Waals surface area contributed by atoms with Crippen molar-refractivity contribution in [3.05, 3.63) is 121 Å². The lowest BCUT2D eigenvalue weighted by atomic mass is 9.95. The van der Waals surface area contributed by atoms with E-state index in [1.54, 1.807) is 14.2 Å². The van der Waals surface area contributed by atoms with Gasteiger partial charge in [-0.2, -0.15) is 0 Å². The normalized spacial score (nSPS) is 11.6. The molecular formula is C38H30N4O2. The highest BCUT2D eigenvalue weighted by Crippen LogP contribution is 2.37. The van der Waals surface area contributed by atoms with Gasteiger partial charge in [0.25, 0.3) is 0 Å². The average molecular weight is 575 g/mol. The molecule has 0 bridgehead atoms. The number of pyridine rings is 2. The van der Waals surface area contributed by atoms with Crippen molar-refractivity contribution in [3.63, 3.8) is 0 Å². The van der Waals surface area contributed by atoms with Crippen LogP contribution in [0.5, 0.6) is 11.5 Å². The van der Waals surface area contributed by atoms with Crippen LogP contribution in [0.4, 0.5) is 0 Å². The van der Waals surface area contributed by atoms with E-state index < -0.39 is 0 Å². The zero-order valence-electron chi connectivity index (χ0n) is 25.0. The minimum absolute atomic E-state index is 0.824. The van der Waals surface area contributed by atoms with Gasteiger partial charge in [-0.15, -0.1) is 0 Å². The molecular weight excluding hydrogens is 544 g/mol. The van der Waals surface area contributed by atoms with Gasteiger partial charge in [0.2, 0.25) is 0 Å². The number of hydrogen-bond donors (Lipinski definition) is 0. The number of rotatable bonds is 5. The molecule has 0 spiro atoms. The van der Waals surface area contributed by atoms with E-state index in [4.69, 9.17) is 19.4 Å². The Bertz CT molecular complexity index is 2230. The van der Waals surface area contributed by atoms with E-state index in [-0.39, 0.29) is 0 Å². The lowest BCUT2D eigenvalue weighted by molar-refractivity contribution is 0.415. The molecule has 0 saturated heterocycles. The number of nitrogens with zero attached hydrogens (tertiary/aromatic N) is 4. The Labute approximate surface area is 254 Å². The molecule has 0 fully saturated rings. The molecule has 6 nitrogen and oxygen atoms in total. The van der Waals surface area contributed by atoms with Crippen LogP contribution >= 0.6 is 0 Å². The lowest BCUT2D eigenvalue weighted by Crippen LogP contribution is -1.98. The van der Waals surface area contributed by atoms with Gasteiger partial charge < -0.3 is 18.6 Å². The number of aryl methyl sites for hydroxylation is 2. The first-order valence-corrected chi connectivity index (χ1v) is 14.6. The van der Waals surface area contributed by atoms with Gasteiger partial charge >= 0.3 is 0 Å². The highest BCUT2D eigenvalue weighted by Gasteiger charge is 2.17. The first kappa shape index (κ1) is 26.0. The van der Waals surface area contributed by atoms with Gasteiger partial charge in [0, 0.05) is 34.5 Å². The second kappa shape index (κ2) is 9.99. The van der Waals surface area contributed by atoms with Crippen LogP contribution in [-0.2, 0) is 0 Å². The monoisotopic (exact) mass is 574 g/mol. The van der Waals surface area contributed by atoms with Crippen molar-refractivity contribution in [2.75, 3.05) is 14.2 Å². The Morgan fingerprint density at radius 1 is 0.500 bits per heavy atom. The first-order valence-electron chi connectivity index (χ1n) is 14.6. The standard InChI is InChI=1S/C38H30N4O2/c1-23-19-25(41-33-15-11-27(43-3)21-31(33)37-35(41)7-5-17-39-37)9-13-29(23)30-14-10-26(20-24(30)2)42-34-16-12-28(44-4)22-32(34)38-36(42)8-6-18-40-38/h5-22H,1-4H3. The maximum atomic E-state index is 5.52. The fourth-order valence-electron chi connectivity index (χ4n) is 6.62. The summed E-state index contributed by atoms with van der Waals surface area (Å²) in [7, 11) is 3.39. The van der Waals surface area contributed by atoms with Gasteiger partial charge in [-0.1, -0.05) is 12.1 Å². The summed E-state index contributed by atoms with van der Waals surface area (Å²) in [6, 6.07) is 34.0. The van der Waals surface area contributed by atoms with Gasteiger partial charge in [-0.05, 0) is 121 Å². The van der Waals surface area contributed by atoms with E-state index in [1.165, 1.54) is 22.3 Å². The predicted octanol–water partition coefficient (Wildman–Crippen LogP) is 8.97. The second-order valence-corrected chi connectivity index (χ2v) is 11.2. The zero-order chi connectivity index (χ0) is 29.9. The molecule has 4 aromatic carbocycles. The molecule has 0 amide bonds. The average Bonchev–Trinajstić information content (AvgIpc) is 3.57. The molecule has 44 heavy (non-hydrogen) atoms. The third-order valence-electron chi connectivity index (χ3n) is 8.68. The summed E-state index contributed by atoms with van der Waals surface area (Å²) < 4.78 is 15.6. The van der Waals surface area contributed by atoms with E-state index in [9.17, 15) is 0 Å². The number of hydrogen-bond acceptors (Lipinski definition) is 4. The SMILES string of the molecule is COc1ccc2c(c1)c1ncccc1n2-c1ccc(-c2ccc(-n3c4ccc(OC)cc4c4ncccc43)cc2C)c(C)c1. The van der Waals surface area contributed by atoms with Crippen molar-refractivity contribution in [1.82, 2.24) is 19.1 Å². The van der Waals surface area contributed by atoms with Crippen LogP contribution < -0.4 is 9.47 Å². The van der Waals surface area contributed by atoms with Crippen molar-refractivity contribution < 1.29 is 9.47 Å². The summed E-state index contributed by atoms with van der Waals surface area (Å²) in [5, 5.41) is 2.15. The van der Waals surface area contributed by atoms with Crippen LogP contribution in [0.15, 0.2) is 109 Å². The number of benzene rings is 4. The Morgan fingerprint density at radius 3 is 1.36 bits per heavy atom. The number of methoxy groups -OCH3 is 2. The Kier molecular flexibility index (Phi) is 5.91. The molecule has 4 aromatic heterocycles. The number of ether oxygens (including phenoxy) is 2. The van der Waals surface area contributed by atoms with Crippen molar-refractivity contribution >= 4 is 43.9 Å². The van der Waals surface area contributed by atoms with Crippen LogP contribution in [0.3, 0.4) is 0 Å². The molecule has 0 radical (unpaired) electrons. The summed E-state index contributed by atoms with van der Waals surface area (Å²) in [6.07, 6.45) is 3.69. The third-order valence-corrected chi connectivity index (χ3v) is 8.68. The maximum absolute atomic E-state index is 5.52. The molecule has 0 aliphatic carbocycles. The van der Waals surface area contributed by atoms with Gasteiger partial charge in [-0.25, -0.2) is 0 Å². The summed E-state index contributed by atoms with van der Waals surface area (Å²) >= 11 is 0. The Balaban J connectivity index is 1.23. The minimum atomic E-state index is 0.824. The van der Waals surface area contributed by atoms with Gasteiger partial charge in [0.15, 0.2) is 0 Å². The molecule has 8 aromatic rings. The van der Waals surface area contributed by atoms with E-state index in [0.717, 1.165) is 66.7 Å². The molecule has 214 valence electrons. The fourth-order valence-corrected chi connectivity index (χ4v) is 6.62. The third kappa shape index (κ3) is 3.88. The van der Waals surface area contributed by atoms with E-state index >= 15 is 0 Å². The van der Waals surface area contributed by atoms with Crippen molar-refractivity contribution in [1.29, 1.82) is 0 Å². The van der Waals surface area contributed by atoms with Crippen LogP contribution in [0.2, 0.25) is 0 Å². The molecule has 6 heteroatoms. The summed E-state index contributed by atoms with van der Waals surface area (Å²) in [5.41, 5.74) is 13.3. The van der Waals surface area contributed by atoms with E-state index in [0.29, 0.717) is 0 Å². The Morgan fingerprint density at radius 2 is 0.955 bits per heavy atom. The van der Waals surface area contributed by atoms with E-state index in [2.05, 4.69) is 95.8 Å². The summed E-state index contributed by atoms with van der Waals surface area (Å²) in [6.45, 7) is 4.38. The second-order valence-electron chi connectivity index (χ2n) is 11.2. The Hall–Kier alpha value is -5.62. The maximum Gasteiger partial charge on any atom is 0.119 e. The quantitative estimate of drug-likeness (QED) is 0.206. The fraction of sp³-hybridized carbons (Fsp3) is 0.105. The smallest absolute Gasteiger partial charge is 0.119 e. The molecule has 0 saturated carbocycles. The molecule has 0 unspecified atom stereocenters. The molecule has 0 aliphatic heterocycles. The van der Waals surface area contributed by atoms with Crippen LogP contribution in [0.25, 0.3) is 66.4 Å². The number of aromatic nitrogens is 4. The number of fused-ring (bicyclic) bond motifs is 6. The topological polar surface area (TPSA) is 54.1 Å². The summed E-state index contributed by atoms with van der Waals surface area (Å²) in [5.74, 6) is 1.65. The highest BCUT2D eigenvalue weighted by atomic mass is 16.5. The molecule has 8 rings (SSSR count). The van der Waals surface area contributed by atoms with Crippen molar-refractivity contribution in [3.8, 4) is 34.0 Å². The molecule has 4 heterocycles. The predicted molar refractivity (Wildman–Crippen MR) is 179 cm³/mol. The zero-order valence-corrected chi connectivity index (χ0v) is 25.0. The highest BCUT2D eigenvalue weighted by molar-refractivity contribution is 6.08. The lowest BCUT2D eigenvalue weighted by Gasteiger charge is -2.15. The van der Waals surface area contributed by atoms with Crippen LogP contribution in [0.1, 0.15) is 11.1 Å². The van der Waals surface area contributed by atoms with Crippen molar-refractivity contribution in [2.24, 2.45) is 0 Å². The van der Waals surface area contributed by atoms with Gasteiger partial charge in [0.05, 0.1) is 47.3 Å². The first-order chi connectivity index (χ1) is 21.6. The molecule has 0 atom stereocenters. The van der Waals surface area contributed by atoms with Crippen LogP contribution in [-0.4, -0.2) is 33.3 Å². The van der Waals surface area contributed by atoms with Crippen molar-refractivity contribution in [2.45, 2.75) is 13.8 Å². The van der Waals surface area contributed by atoms with Gasteiger partial charge in [-0.3, -0.25) is 9.97 Å². The summed E-state index contributed by atoms with van der Waals surface area (Å²) in [4.78, 5) is 9.43. The molecule has 0 N–H and O–H groups in total. The minimum Gasteiger partial charge on any atom is -0.497 e. The van der Waals surface area contributed by atoms with E-state index in [1.807, 2.05) is 36.7 Å².